The maximum absolute atomic E-state index is 10.0. The molecule has 0 aliphatic carbocycles. The van der Waals surface area contributed by atoms with Crippen LogP contribution in [0.5, 0.6) is 0 Å². The number of rotatable bonds is 4. The van der Waals surface area contributed by atoms with E-state index in [1.165, 1.54) is 0 Å². The van der Waals surface area contributed by atoms with Crippen molar-refractivity contribution in [1.29, 1.82) is 0 Å². The SMILES string of the molecule is O=C(O)O/C=C(\COC(=O)O)OC(=O)O. The lowest BCUT2D eigenvalue weighted by atomic mass is 10.6. The predicted molar refractivity (Wildman–Crippen MR) is 40.3 cm³/mol. The molecule has 9 heteroatoms. The maximum atomic E-state index is 10.0. The second-order valence-corrected chi connectivity index (χ2v) is 1.89. The molecular formula is C6H6O9. The Labute approximate surface area is 82.1 Å². The Bertz CT molecular complexity index is 291. The number of carbonyl (C=O) groups is 3. The lowest BCUT2D eigenvalue weighted by Gasteiger charge is -2.04. The van der Waals surface area contributed by atoms with Crippen LogP contribution in [0.4, 0.5) is 14.4 Å². The van der Waals surface area contributed by atoms with Gasteiger partial charge >= 0.3 is 18.5 Å². The minimum absolute atomic E-state index is 0.402. The molecule has 0 bridgehead atoms. The van der Waals surface area contributed by atoms with Gasteiger partial charge in [0.05, 0.1) is 0 Å². The maximum Gasteiger partial charge on any atom is 0.511 e. The molecule has 0 amide bonds. The lowest BCUT2D eigenvalue weighted by Crippen LogP contribution is -2.10. The number of ether oxygens (including phenoxy) is 3. The Morgan fingerprint density at radius 1 is 1.00 bits per heavy atom. The van der Waals surface area contributed by atoms with Gasteiger partial charge in [0.25, 0.3) is 0 Å². The molecule has 0 spiro atoms. The van der Waals surface area contributed by atoms with Crippen molar-refractivity contribution in [2.24, 2.45) is 0 Å². The Hall–Kier alpha value is -2.45. The summed E-state index contributed by atoms with van der Waals surface area (Å²) in [5, 5.41) is 24.3. The monoisotopic (exact) mass is 222 g/mol. The van der Waals surface area contributed by atoms with E-state index in [4.69, 9.17) is 15.3 Å². The van der Waals surface area contributed by atoms with Gasteiger partial charge in [0.1, 0.15) is 6.26 Å². The second kappa shape index (κ2) is 6.07. The first-order valence-corrected chi connectivity index (χ1v) is 3.27. The van der Waals surface area contributed by atoms with Crippen LogP contribution in [-0.2, 0) is 14.2 Å². The summed E-state index contributed by atoms with van der Waals surface area (Å²) in [5.41, 5.74) is 0. The summed E-state index contributed by atoms with van der Waals surface area (Å²) in [4.78, 5) is 29.8. The van der Waals surface area contributed by atoms with Crippen LogP contribution in [0.1, 0.15) is 0 Å². The van der Waals surface area contributed by atoms with E-state index >= 15 is 0 Å². The van der Waals surface area contributed by atoms with Crippen molar-refractivity contribution >= 4 is 18.5 Å². The normalized spacial score (nSPS) is 10.3. The fourth-order valence-corrected chi connectivity index (χ4v) is 0.449. The molecule has 9 nitrogen and oxygen atoms in total. The van der Waals surface area contributed by atoms with Gasteiger partial charge in [-0.3, -0.25) is 0 Å². The highest BCUT2D eigenvalue weighted by Gasteiger charge is 2.09. The second-order valence-electron chi connectivity index (χ2n) is 1.89. The molecule has 0 unspecified atom stereocenters. The average Bonchev–Trinajstić information content (AvgIpc) is 2.08. The molecule has 0 aromatic rings. The van der Waals surface area contributed by atoms with Crippen LogP contribution < -0.4 is 0 Å². The van der Waals surface area contributed by atoms with E-state index in [1.807, 2.05) is 0 Å². The summed E-state index contributed by atoms with van der Waals surface area (Å²) in [6, 6.07) is 0. The first-order valence-electron chi connectivity index (χ1n) is 3.27. The molecule has 0 atom stereocenters. The Morgan fingerprint density at radius 3 is 2.00 bits per heavy atom. The van der Waals surface area contributed by atoms with Crippen molar-refractivity contribution in [3.8, 4) is 0 Å². The van der Waals surface area contributed by atoms with Gasteiger partial charge in [-0.05, 0) is 0 Å². The van der Waals surface area contributed by atoms with Gasteiger partial charge < -0.3 is 29.5 Å². The van der Waals surface area contributed by atoms with E-state index in [9.17, 15) is 14.4 Å². The third-order valence-electron chi connectivity index (χ3n) is 0.847. The van der Waals surface area contributed by atoms with Crippen LogP contribution in [0.25, 0.3) is 0 Å². The van der Waals surface area contributed by atoms with Crippen LogP contribution in [0.3, 0.4) is 0 Å². The topological polar surface area (TPSA) is 140 Å². The van der Waals surface area contributed by atoms with Crippen molar-refractivity contribution in [2.75, 3.05) is 6.61 Å². The zero-order chi connectivity index (χ0) is 11.8. The summed E-state index contributed by atoms with van der Waals surface area (Å²) in [7, 11) is 0. The quantitative estimate of drug-likeness (QED) is 0.359. The number of hydrogen-bond acceptors (Lipinski definition) is 6. The zero-order valence-electron chi connectivity index (χ0n) is 7.08. The summed E-state index contributed by atoms with van der Waals surface area (Å²) < 4.78 is 11.7. The number of hydrogen-bond donors (Lipinski definition) is 3. The summed E-state index contributed by atoms with van der Waals surface area (Å²) >= 11 is 0. The predicted octanol–water partition coefficient (Wildman–Crippen LogP) is 0.912. The molecule has 0 aromatic carbocycles. The molecule has 0 aliphatic heterocycles. The highest BCUT2D eigenvalue weighted by molar-refractivity contribution is 5.60. The molecule has 3 N–H and O–H groups in total. The van der Waals surface area contributed by atoms with Crippen molar-refractivity contribution in [3.05, 3.63) is 12.0 Å². The smallest absolute Gasteiger partial charge is 0.450 e. The minimum atomic E-state index is -1.76. The van der Waals surface area contributed by atoms with E-state index in [0.29, 0.717) is 6.26 Å². The average molecular weight is 222 g/mol. The Morgan fingerprint density at radius 2 is 1.60 bits per heavy atom. The largest absolute Gasteiger partial charge is 0.511 e. The third-order valence-corrected chi connectivity index (χ3v) is 0.847. The molecule has 0 aromatic heterocycles. The molecule has 84 valence electrons. The van der Waals surface area contributed by atoms with Gasteiger partial charge in [0.2, 0.25) is 0 Å². The van der Waals surface area contributed by atoms with Crippen molar-refractivity contribution in [2.45, 2.75) is 0 Å². The molecule has 0 fully saturated rings. The third kappa shape index (κ3) is 7.90. The molecular weight excluding hydrogens is 216 g/mol. The highest BCUT2D eigenvalue weighted by Crippen LogP contribution is 2.00. The molecule has 15 heavy (non-hydrogen) atoms. The minimum Gasteiger partial charge on any atom is -0.450 e. The number of carboxylic acid groups (broad SMARTS) is 3. The standard InChI is InChI=1S/C6H6O9/c7-4(8)13-1-3(15-6(11)12)2-14-5(9)10/h1H,2H2,(H,7,8)(H,9,10)(H,11,12)/b3-1+. The first-order chi connectivity index (χ1) is 6.91. The van der Waals surface area contributed by atoms with Gasteiger partial charge in [-0.25, -0.2) is 14.4 Å². The van der Waals surface area contributed by atoms with Gasteiger partial charge in [-0.1, -0.05) is 0 Å². The fraction of sp³-hybridized carbons (Fsp3) is 0.167. The summed E-state index contributed by atoms with van der Waals surface area (Å²) in [5.74, 6) is -0.618. The van der Waals surface area contributed by atoms with E-state index in [1.54, 1.807) is 0 Å². The molecule has 0 radical (unpaired) electrons. The van der Waals surface area contributed by atoms with Gasteiger partial charge in [-0.2, -0.15) is 0 Å². The molecule has 0 rings (SSSR count). The van der Waals surface area contributed by atoms with E-state index in [0.717, 1.165) is 0 Å². The van der Waals surface area contributed by atoms with Crippen LogP contribution in [0.2, 0.25) is 0 Å². The highest BCUT2D eigenvalue weighted by atomic mass is 16.7. The van der Waals surface area contributed by atoms with Crippen molar-refractivity contribution < 1.29 is 43.9 Å². The van der Waals surface area contributed by atoms with E-state index < -0.39 is 30.8 Å². The van der Waals surface area contributed by atoms with Crippen molar-refractivity contribution in [1.82, 2.24) is 0 Å². The van der Waals surface area contributed by atoms with E-state index in [-0.39, 0.29) is 0 Å². The lowest BCUT2D eigenvalue weighted by molar-refractivity contribution is 0.0683. The molecule has 0 aliphatic rings. The van der Waals surface area contributed by atoms with Crippen LogP contribution in [0, 0.1) is 0 Å². The zero-order valence-corrected chi connectivity index (χ0v) is 7.08. The summed E-state index contributed by atoms with van der Waals surface area (Å²) in [6.07, 6.45) is -4.74. The molecule has 0 saturated carbocycles. The van der Waals surface area contributed by atoms with Crippen molar-refractivity contribution in [3.63, 3.8) is 0 Å². The van der Waals surface area contributed by atoms with Gasteiger partial charge in [0.15, 0.2) is 12.4 Å². The van der Waals surface area contributed by atoms with Crippen LogP contribution in [-0.4, -0.2) is 40.4 Å². The fourth-order valence-electron chi connectivity index (χ4n) is 0.449. The molecule has 0 saturated heterocycles. The Kier molecular flexibility index (Phi) is 5.08. The summed E-state index contributed by atoms with van der Waals surface area (Å²) in [6.45, 7) is -0.783. The van der Waals surface area contributed by atoms with Crippen LogP contribution in [0.15, 0.2) is 12.0 Å². The first kappa shape index (κ1) is 12.6. The van der Waals surface area contributed by atoms with Gasteiger partial charge in [-0.15, -0.1) is 0 Å². The Balaban J connectivity index is 4.29. The van der Waals surface area contributed by atoms with Crippen LogP contribution >= 0.6 is 0 Å². The van der Waals surface area contributed by atoms with Gasteiger partial charge in [0, 0.05) is 0 Å². The van der Waals surface area contributed by atoms with E-state index in [2.05, 4.69) is 14.2 Å². The molecule has 0 heterocycles.